The molecular formula is C20H21FO2. The zero-order valence-electron chi connectivity index (χ0n) is 13.6. The molecule has 0 amide bonds. The Balaban J connectivity index is 2.17. The minimum Gasteiger partial charge on any atom is -0.493 e. The van der Waals surface area contributed by atoms with Crippen molar-refractivity contribution in [1.82, 2.24) is 0 Å². The number of Topliss-reactive ketones (excluding diaryl/α,β-unsaturated/α-hetero) is 1. The van der Waals surface area contributed by atoms with E-state index in [1.165, 1.54) is 12.1 Å². The monoisotopic (exact) mass is 312 g/mol. The van der Waals surface area contributed by atoms with Crippen LogP contribution in [0.5, 0.6) is 5.75 Å². The molecule has 0 aliphatic heterocycles. The predicted molar refractivity (Wildman–Crippen MR) is 89.4 cm³/mol. The highest BCUT2D eigenvalue weighted by atomic mass is 19.1. The van der Waals surface area contributed by atoms with Crippen molar-refractivity contribution < 1.29 is 13.9 Å². The number of aryl methyl sites for hydroxylation is 1. The zero-order chi connectivity index (χ0) is 16.4. The largest absolute Gasteiger partial charge is 0.493 e. The molecule has 1 aliphatic carbocycles. The molecule has 0 heterocycles. The molecule has 0 radical (unpaired) electrons. The maximum absolute atomic E-state index is 13.3. The SMILES string of the molecule is CCOc1c(CC)ccc(C2CC(=O)C2)c1-c1ccc(F)cc1. The maximum Gasteiger partial charge on any atom is 0.134 e. The van der Waals surface area contributed by atoms with Gasteiger partial charge in [-0.2, -0.15) is 0 Å². The molecule has 0 saturated heterocycles. The van der Waals surface area contributed by atoms with Crippen LogP contribution in [-0.4, -0.2) is 12.4 Å². The van der Waals surface area contributed by atoms with Gasteiger partial charge in [0.25, 0.3) is 0 Å². The van der Waals surface area contributed by atoms with Gasteiger partial charge in [0.05, 0.1) is 6.61 Å². The molecule has 2 nitrogen and oxygen atoms in total. The number of halogens is 1. The molecule has 1 aliphatic rings. The normalized spacial score (nSPS) is 14.7. The van der Waals surface area contributed by atoms with Crippen molar-refractivity contribution in [3.8, 4) is 16.9 Å². The van der Waals surface area contributed by atoms with Crippen LogP contribution >= 0.6 is 0 Å². The average Bonchev–Trinajstić information content (AvgIpc) is 2.53. The molecule has 0 bridgehead atoms. The van der Waals surface area contributed by atoms with Crippen LogP contribution in [0, 0.1) is 5.82 Å². The number of ketones is 1. The van der Waals surface area contributed by atoms with Crippen molar-refractivity contribution in [2.45, 2.75) is 39.0 Å². The standard InChI is InChI=1S/C20H21FO2/c1-3-13-7-10-18(15-11-17(22)12-15)19(20(13)23-4-2)14-5-8-16(21)9-6-14/h5-10,15H,3-4,11-12H2,1-2H3. The highest BCUT2D eigenvalue weighted by molar-refractivity contribution is 5.88. The van der Waals surface area contributed by atoms with Gasteiger partial charge in [-0.25, -0.2) is 4.39 Å². The number of benzene rings is 2. The summed E-state index contributed by atoms with van der Waals surface area (Å²) in [5, 5.41) is 0. The van der Waals surface area contributed by atoms with Crippen molar-refractivity contribution in [3.63, 3.8) is 0 Å². The maximum atomic E-state index is 13.3. The third-order valence-corrected chi connectivity index (χ3v) is 4.46. The van der Waals surface area contributed by atoms with Crippen LogP contribution in [0.2, 0.25) is 0 Å². The van der Waals surface area contributed by atoms with Crippen molar-refractivity contribution in [2.24, 2.45) is 0 Å². The number of ether oxygens (including phenoxy) is 1. The van der Waals surface area contributed by atoms with E-state index in [4.69, 9.17) is 4.74 Å². The van der Waals surface area contributed by atoms with Gasteiger partial charge in [-0.3, -0.25) is 4.79 Å². The van der Waals surface area contributed by atoms with Crippen molar-refractivity contribution in [3.05, 3.63) is 53.3 Å². The van der Waals surface area contributed by atoms with Crippen molar-refractivity contribution in [1.29, 1.82) is 0 Å². The smallest absolute Gasteiger partial charge is 0.134 e. The average molecular weight is 312 g/mol. The summed E-state index contributed by atoms with van der Waals surface area (Å²) in [7, 11) is 0. The molecule has 120 valence electrons. The molecule has 1 fully saturated rings. The lowest BCUT2D eigenvalue weighted by molar-refractivity contribution is -0.124. The fraction of sp³-hybridized carbons (Fsp3) is 0.350. The molecule has 2 aromatic rings. The molecule has 0 spiro atoms. The molecule has 0 aromatic heterocycles. The lowest BCUT2D eigenvalue weighted by atomic mass is 9.75. The molecule has 3 heteroatoms. The number of hydrogen-bond donors (Lipinski definition) is 0. The Bertz CT molecular complexity index is 711. The summed E-state index contributed by atoms with van der Waals surface area (Å²) in [6.07, 6.45) is 2.05. The van der Waals surface area contributed by atoms with E-state index >= 15 is 0 Å². The lowest BCUT2D eigenvalue weighted by Gasteiger charge is -2.29. The Morgan fingerprint density at radius 3 is 2.35 bits per heavy atom. The molecule has 23 heavy (non-hydrogen) atoms. The van der Waals surface area contributed by atoms with E-state index in [9.17, 15) is 9.18 Å². The quantitative estimate of drug-likeness (QED) is 0.785. The molecule has 2 aromatic carbocycles. The number of carbonyl (C=O) groups is 1. The summed E-state index contributed by atoms with van der Waals surface area (Å²) >= 11 is 0. The second kappa shape index (κ2) is 6.53. The first-order valence-electron chi connectivity index (χ1n) is 8.20. The van der Waals surface area contributed by atoms with Gasteiger partial charge in [0.2, 0.25) is 0 Å². The van der Waals surface area contributed by atoms with Gasteiger partial charge in [-0.1, -0.05) is 31.2 Å². The molecule has 0 atom stereocenters. The lowest BCUT2D eigenvalue weighted by Crippen LogP contribution is -2.22. The van der Waals surface area contributed by atoms with Crippen LogP contribution in [0.4, 0.5) is 4.39 Å². The van der Waals surface area contributed by atoms with E-state index in [0.717, 1.165) is 34.4 Å². The van der Waals surface area contributed by atoms with E-state index in [0.29, 0.717) is 25.2 Å². The van der Waals surface area contributed by atoms with Gasteiger partial charge < -0.3 is 4.74 Å². The molecule has 3 rings (SSSR count). The Morgan fingerprint density at radius 1 is 1.09 bits per heavy atom. The van der Waals surface area contributed by atoms with Crippen LogP contribution in [0.1, 0.15) is 43.7 Å². The Morgan fingerprint density at radius 2 is 1.78 bits per heavy atom. The minimum atomic E-state index is -0.251. The van der Waals surface area contributed by atoms with Crippen LogP contribution in [0.15, 0.2) is 36.4 Å². The van der Waals surface area contributed by atoms with Crippen LogP contribution in [-0.2, 0) is 11.2 Å². The molecule has 0 N–H and O–H groups in total. The summed E-state index contributed by atoms with van der Waals surface area (Å²) in [5.41, 5.74) is 4.24. The van der Waals surface area contributed by atoms with Crippen molar-refractivity contribution in [2.75, 3.05) is 6.61 Å². The van der Waals surface area contributed by atoms with Crippen LogP contribution < -0.4 is 4.74 Å². The van der Waals surface area contributed by atoms with Gasteiger partial charge in [-0.15, -0.1) is 0 Å². The Kier molecular flexibility index (Phi) is 4.46. The molecule has 0 unspecified atom stereocenters. The molecule has 1 saturated carbocycles. The number of hydrogen-bond acceptors (Lipinski definition) is 2. The number of carbonyl (C=O) groups excluding carboxylic acids is 1. The summed E-state index contributed by atoms with van der Waals surface area (Å²) in [6.45, 7) is 4.64. The third kappa shape index (κ3) is 3.00. The number of rotatable bonds is 5. The fourth-order valence-corrected chi connectivity index (χ4v) is 3.19. The first kappa shape index (κ1) is 15.7. The first-order chi connectivity index (χ1) is 11.1. The van der Waals surface area contributed by atoms with Gasteiger partial charge in [0.15, 0.2) is 0 Å². The van der Waals surface area contributed by atoms with E-state index in [2.05, 4.69) is 19.1 Å². The third-order valence-electron chi connectivity index (χ3n) is 4.46. The van der Waals surface area contributed by atoms with E-state index < -0.39 is 0 Å². The van der Waals surface area contributed by atoms with Crippen LogP contribution in [0.25, 0.3) is 11.1 Å². The highest BCUT2D eigenvalue weighted by Gasteiger charge is 2.31. The van der Waals surface area contributed by atoms with E-state index in [1.807, 2.05) is 6.92 Å². The van der Waals surface area contributed by atoms with Crippen molar-refractivity contribution >= 4 is 5.78 Å². The second-order valence-corrected chi connectivity index (χ2v) is 5.96. The van der Waals surface area contributed by atoms with Gasteiger partial charge in [0, 0.05) is 18.4 Å². The van der Waals surface area contributed by atoms with Gasteiger partial charge in [-0.05, 0) is 48.1 Å². The summed E-state index contributed by atoms with van der Waals surface area (Å²) in [5.74, 6) is 1.17. The van der Waals surface area contributed by atoms with Gasteiger partial charge >= 0.3 is 0 Å². The summed E-state index contributed by atoms with van der Waals surface area (Å²) in [6, 6.07) is 10.7. The van der Waals surface area contributed by atoms with Gasteiger partial charge in [0.1, 0.15) is 17.3 Å². The Hall–Kier alpha value is -2.16. The second-order valence-electron chi connectivity index (χ2n) is 5.96. The molecular weight excluding hydrogens is 291 g/mol. The minimum absolute atomic E-state index is 0.243. The van der Waals surface area contributed by atoms with Crippen LogP contribution in [0.3, 0.4) is 0 Å². The predicted octanol–water partition coefficient (Wildman–Crippen LogP) is 4.90. The van der Waals surface area contributed by atoms with E-state index in [1.54, 1.807) is 12.1 Å². The highest BCUT2D eigenvalue weighted by Crippen LogP contribution is 2.45. The fourth-order valence-electron chi connectivity index (χ4n) is 3.19. The van der Waals surface area contributed by atoms with E-state index in [-0.39, 0.29) is 11.7 Å². The first-order valence-corrected chi connectivity index (χ1v) is 8.20. The topological polar surface area (TPSA) is 26.3 Å². The Labute approximate surface area is 136 Å². The summed E-state index contributed by atoms with van der Waals surface area (Å²) < 4.78 is 19.3. The zero-order valence-corrected chi connectivity index (χ0v) is 13.6. The summed E-state index contributed by atoms with van der Waals surface area (Å²) in [4.78, 5) is 11.4.